The highest BCUT2D eigenvalue weighted by Gasteiger charge is 2.15. The topological polar surface area (TPSA) is 24.1 Å². The maximum Gasteiger partial charge on any atom is 0.0425 e. The normalized spacial score (nSPS) is 14.2. The molecule has 0 aliphatic rings. The van der Waals surface area contributed by atoms with E-state index in [1.54, 1.807) is 0 Å². The lowest BCUT2D eigenvalue weighted by Gasteiger charge is -2.26. The van der Waals surface area contributed by atoms with Gasteiger partial charge in [-0.1, -0.05) is 47.6 Å². The van der Waals surface area contributed by atoms with Crippen LogP contribution in [-0.2, 0) is 6.42 Å². The van der Waals surface area contributed by atoms with Crippen molar-refractivity contribution in [2.75, 3.05) is 10.6 Å². The number of hydrogen-bond acceptors (Lipinski definition) is 2. The van der Waals surface area contributed by atoms with Crippen molar-refractivity contribution in [3.63, 3.8) is 0 Å². The molecule has 1 rings (SSSR count). The smallest absolute Gasteiger partial charge is 0.0425 e. The molecule has 2 atom stereocenters. The van der Waals surface area contributed by atoms with Gasteiger partial charge in [-0.2, -0.15) is 0 Å². The summed E-state index contributed by atoms with van der Waals surface area (Å²) in [7, 11) is 0. The van der Waals surface area contributed by atoms with Crippen LogP contribution in [0.25, 0.3) is 0 Å². The molecule has 25 heavy (non-hydrogen) atoms. The van der Waals surface area contributed by atoms with Gasteiger partial charge < -0.3 is 10.6 Å². The van der Waals surface area contributed by atoms with Crippen molar-refractivity contribution < 1.29 is 0 Å². The zero-order valence-electron chi connectivity index (χ0n) is 18.2. The van der Waals surface area contributed by atoms with Gasteiger partial charge >= 0.3 is 0 Å². The predicted molar refractivity (Wildman–Crippen MR) is 115 cm³/mol. The Kier molecular flexibility index (Phi) is 8.82. The van der Waals surface area contributed by atoms with Crippen molar-refractivity contribution in [1.82, 2.24) is 0 Å². The number of benzene rings is 1. The maximum absolute atomic E-state index is 3.83. The monoisotopic (exact) mass is 346 g/mol. The summed E-state index contributed by atoms with van der Waals surface area (Å²) < 4.78 is 0. The lowest BCUT2D eigenvalue weighted by molar-refractivity contribution is 0.538. The van der Waals surface area contributed by atoms with Gasteiger partial charge in [0, 0.05) is 23.5 Å². The van der Waals surface area contributed by atoms with Gasteiger partial charge in [0.2, 0.25) is 0 Å². The molecule has 0 saturated heterocycles. The van der Waals surface area contributed by atoms with Crippen LogP contribution in [0.1, 0.15) is 79.4 Å². The standard InChI is InChI=1S/C23H42N2/c1-15(2)12-18(7)24-22-11-10-21(14-17(5)6)23(20(22)9)25-19(8)13-16(3)4/h10-11,15-19,24-25H,12-14H2,1-9H3. The van der Waals surface area contributed by atoms with E-state index in [0.29, 0.717) is 29.8 Å². The summed E-state index contributed by atoms with van der Waals surface area (Å²) in [6.07, 6.45) is 3.51. The molecule has 144 valence electrons. The average molecular weight is 347 g/mol. The average Bonchev–Trinajstić information content (AvgIpc) is 2.43. The Bertz CT molecular complexity index is 517. The lowest BCUT2D eigenvalue weighted by atomic mass is 9.96. The summed E-state index contributed by atoms with van der Waals surface area (Å²) >= 11 is 0. The molecule has 1 aromatic carbocycles. The Hall–Kier alpha value is -1.18. The van der Waals surface area contributed by atoms with Gasteiger partial charge in [0.25, 0.3) is 0 Å². The molecule has 2 nitrogen and oxygen atoms in total. The molecular weight excluding hydrogens is 304 g/mol. The van der Waals surface area contributed by atoms with E-state index < -0.39 is 0 Å². The van der Waals surface area contributed by atoms with Crippen molar-refractivity contribution in [3.05, 3.63) is 23.3 Å². The first-order valence-electron chi connectivity index (χ1n) is 10.3. The summed E-state index contributed by atoms with van der Waals surface area (Å²) in [5, 5.41) is 7.57. The number of nitrogens with one attached hydrogen (secondary N) is 2. The molecule has 2 heteroatoms. The third-order valence-corrected chi connectivity index (χ3v) is 4.62. The third-order valence-electron chi connectivity index (χ3n) is 4.62. The zero-order chi connectivity index (χ0) is 19.1. The van der Waals surface area contributed by atoms with Gasteiger partial charge in [-0.3, -0.25) is 0 Å². The van der Waals surface area contributed by atoms with E-state index in [1.165, 1.54) is 35.3 Å². The highest BCUT2D eigenvalue weighted by atomic mass is 14.9. The molecular formula is C23H42N2. The van der Waals surface area contributed by atoms with E-state index in [4.69, 9.17) is 0 Å². The fraction of sp³-hybridized carbons (Fsp3) is 0.739. The Morgan fingerprint density at radius 2 is 1.24 bits per heavy atom. The van der Waals surface area contributed by atoms with Crippen molar-refractivity contribution in [1.29, 1.82) is 0 Å². The minimum Gasteiger partial charge on any atom is -0.382 e. The van der Waals surface area contributed by atoms with Crippen LogP contribution in [0.3, 0.4) is 0 Å². The van der Waals surface area contributed by atoms with Gasteiger partial charge in [-0.15, -0.1) is 0 Å². The Morgan fingerprint density at radius 3 is 1.72 bits per heavy atom. The highest BCUT2D eigenvalue weighted by Crippen LogP contribution is 2.31. The summed E-state index contributed by atoms with van der Waals surface area (Å²) in [5.74, 6) is 2.09. The van der Waals surface area contributed by atoms with Crippen LogP contribution in [0, 0.1) is 24.7 Å². The van der Waals surface area contributed by atoms with Gasteiger partial charge in [0.1, 0.15) is 0 Å². The first kappa shape index (κ1) is 21.9. The SMILES string of the molecule is Cc1c(NC(C)CC(C)C)ccc(CC(C)C)c1NC(C)CC(C)C. The van der Waals surface area contributed by atoms with Gasteiger partial charge in [0.15, 0.2) is 0 Å². The summed E-state index contributed by atoms with van der Waals surface area (Å²) in [6, 6.07) is 5.59. The number of anilines is 2. The molecule has 0 aromatic heterocycles. The molecule has 2 N–H and O–H groups in total. The largest absolute Gasteiger partial charge is 0.382 e. The van der Waals surface area contributed by atoms with Crippen LogP contribution >= 0.6 is 0 Å². The van der Waals surface area contributed by atoms with Crippen LogP contribution in [0.5, 0.6) is 0 Å². The Morgan fingerprint density at radius 1 is 0.720 bits per heavy atom. The van der Waals surface area contributed by atoms with Crippen molar-refractivity contribution in [2.24, 2.45) is 17.8 Å². The van der Waals surface area contributed by atoms with E-state index in [0.717, 1.165) is 6.42 Å². The molecule has 1 aromatic rings. The molecule has 0 aliphatic carbocycles. The lowest BCUT2D eigenvalue weighted by Crippen LogP contribution is -2.21. The molecule has 0 aliphatic heterocycles. The third kappa shape index (κ3) is 7.71. The van der Waals surface area contributed by atoms with E-state index >= 15 is 0 Å². The molecule has 0 heterocycles. The highest BCUT2D eigenvalue weighted by molar-refractivity contribution is 5.69. The van der Waals surface area contributed by atoms with Crippen molar-refractivity contribution >= 4 is 11.4 Å². The first-order valence-corrected chi connectivity index (χ1v) is 10.3. The molecule has 2 unspecified atom stereocenters. The van der Waals surface area contributed by atoms with Crippen LogP contribution in [0.4, 0.5) is 11.4 Å². The second-order valence-corrected chi connectivity index (χ2v) is 9.22. The van der Waals surface area contributed by atoms with E-state index in [1.807, 2.05) is 0 Å². The minimum absolute atomic E-state index is 0.493. The summed E-state index contributed by atoms with van der Waals surface area (Å²) in [5.41, 5.74) is 5.44. The van der Waals surface area contributed by atoms with Crippen molar-refractivity contribution in [3.8, 4) is 0 Å². The quantitative estimate of drug-likeness (QED) is 0.482. The molecule has 0 fully saturated rings. The van der Waals surface area contributed by atoms with Gasteiger partial charge in [-0.25, -0.2) is 0 Å². The first-order chi connectivity index (χ1) is 11.6. The fourth-order valence-corrected chi connectivity index (χ4v) is 3.78. The molecule has 0 saturated carbocycles. The number of hydrogen-bond donors (Lipinski definition) is 2. The van der Waals surface area contributed by atoms with E-state index in [2.05, 4.69) is 85.1 Å². The number of rotatable bonds is 10. The second-order valence-electron chi connectivity index (χ2n) is 9.22. The summed E-state index contributed by atoms with van der Waals surface area (Å²) in [4.78, 5) is 0. The Labute approximate surface area is 157 Å². The summed E-state index contributed by atoms with van der Waals surface area (Å²) in [6.45, 7) is 20.6. The molecule has 0 amide bonds. The van der Waals surface area contributed by atoms with Gasteiger partial charge in [0.05, 0.1) is 0 Å². The minimum atomic E-state index is 0.493. The maximum atomic E-state index is 3.83. The van der Waals surface area contributed by atoms with Crippen LogP contribution < -0.4 is 10.6 Å². The molecule has 0 spiro atoms. The fourth-order valence-electron chi connectivity index (χ4n) is 3.78. The predicted octanol–water partition coefficient (Wildman–Crippen LogP) is 6.89. The zero-order valence-corrected chi connectivity index (χ0v) is 18.2. The van der Waals surface area contributed by atoms with Crippen LogP contribution in [0.2, 0.25) is 0 Å². The van der Waals surface area contributed by atoms with E-state index in [-0.39, 0.29) is 0 Å². The van der Waals surface area contributed by atoms with Gasteiger partial charge in [-0.05, 0) is 75.0 Å². The van der Waals surface area contributed by atoms with Crippen LogP contribution in [0.15, 0.2) is 12.1 Å². The van der Waals surface area contributed by atoms with E-state index in [9.17, 15) is 0 Å². The van der Waals surface area contributed by atoms with Crippen molar-refractivity contribution in [2.45, 2.75) is 93.7 Å². The molecule has 0 bridgehead atoms. The second kappa shape index (κ2) is 10.1. The van der Waals surface area contributed by atoms with Crippen LogP contribution in [-0.4, -0.2) is 12.1 Å². The Balaban J connectivity index is 3.07. The molecule has 0 radical (unpaired) electrons.